The van der Waals surface area contributed by atoms with Gasteiger partial charge in [0.1, 0.15) is 10.6 Å². The fraction of sp³-hybridized carbons (Fsp3) is 0.318. The molecule has 8 heteroatoms. The van der Waals surface area contributed by atoms with E-state index < -0.39 is 37.7 Å². The van der Waals surface area contributed by atoms with Gasteiger partial charge in [-0.1, -0.05) is 13.0 Å². The van der Waals surface area contributed by atoms with Gasteiger partial charge in [0.25, 0.3) is 0 Å². The molecule has 0 fully saturated rings. The zero-order valence-electron chi connectivity index (χ0n) is 16.5. The quantitative estimate of drug-likeness (QED) is 0.636. The van der Waals surface area contributed by atoms with Crippen LogP contribution < -0.4 is 5.32 Å². The Morgan fingerprint density at radius 3 is 2.57 bits per heavy atom. The van der Waals surface area contributed by atoms with Crippen LogP contribution in [0.2, 0.25) is 0 Å². The van der Waals surface area contributed by atoms with Crippen molar-refractivity contribution in [3.8, 4) is 0 Å². The number of carbonyl (C=O) groups is 3. The molecule has 0 aromatic heterocycles. The summed E-state index contributed by atoms with van der Waals surface area (Å²) < 4.78 is 30.5. The van der Waals surface area contributed by atoms with E-state index in [0.29, 0.717) is 12.0 Å². The van der Waals surface area contributed by atoms with Crippen molar-refractivity contribution < 1.29 is 27.5 Å². The smallest absolute Gasteiger partial charge is 0.343 e. The minimum absolute atomic E-state index is 0.0206. The number of ether oxygens (including phenoxy) is 1. The number of carbonyl (C=O) groups excluding carboxylic acids is 3. The van der Waals surface area contributed by atoms with Crippen LogP contribution in [-0.4, -0.2) is 38.3 Å². The zero-order chi connectivity index (χ0) is 21.4. The Hall–Kier alpha value is -3.00. The molecule has 1 aromatic carbocycles. The SMILES string of the molecule is CC1=CCCC2(C)C1=COC(=O)c1cc3c(cc12)C(=O)C1=C(NCCS1(=O)=O)C3=O. The maximum absolute atomic E-state index is 13.2. The summed E-state index contributed by atoms with van der Waals surface area (Å²) in [7, 11) is -3.86. The van der Waals surface area contributed by atoms with Crippen LogP contribution in [0.25, 0.3) is 0 Å². The lowest BCUT2D eigenvalue weighted by Crippen LogP contribution is -2.41. The first-order valence-electron chi connectivity index (χ1n) is 9.73. The Kier molecular flexibility index (Phi) is 3.80. The van der Waals surface area contributed by atoms with Crippen LogP contribution in [0.3, 0.4) is 0 Å². The standard InChI is InChI=1S/C22H19NO6S/c1-11-4-3-5-22(2)15-9-13-12(8-14(15)21(26)29-10-16(11)22)18(24)17-20(19(13)25)30(27,28)7-6-23-17/h4,8-10,23H,3,5-7H2,1-2H3. The van der Waals surface area contributed by atoms with E-state index in [2.05, 4.69) is 11.4 Å². The number of ketones is 2. The van der Waals surface area contributed by atoms with Crippen LogP contribution in [0, 0.1) is 0 Å². The predicted octanol–water partition coefficient (Wildman–Crippen LogP) is 2.35. The van der Waals surface area contributed by atoms with Crippen LogP contribution >= 0.6 is 0 Å². The summed E-state index contributed by atoms with van der Waals surface area (Å²) >= 11 is 0. The minimum Gasteiger partial charge on any atom is -0.431 e. The molecule has 0 bridgehead atoms. The van der Waals surface area contributed by atoms with Crippen molar-refractivity contribution in [2.45, 2.75) is 32.1 Å². The van der Waals surface area contributed by atoms with E-state index >= 15 is 0 Å². The molecule has 30 heavy (non-hydrogen) atoms. The molecule has 154 valence electrons. The van der Waals surface area contributed by atoms with E-state index in [0.717, 1.165) is 17.6 Å². The van der Waals surface area contributed by atoms with Gasteiger partial charge in [0.2, 0.25) is 11.6 Å². The summed E-state index contributed by atoms with van der Waals surface area (Å²) in [5.74, 6) is -2.15. The first-order valence-corrected chi connectivity index (χ1v) is 11.4. The Bertz CT molecular complexity index is 1280. The first kappa shape index (κ1) is 19.0. The summed E-state index contributed by atoms with van der Waals surface area (Å²) in [6.07, 6.45) is 4.99. The summed E-state index contributed by atoms with van der Waals surface area (Å²) in [6.45, 7) is 3.97. The van der Waals surface area contributed by atoms with Crippen LogP contribution in [0.15, 0.2) is 46.2 Å². The Labute approximate surface area is 173 Å². The Morgan fingerprint density at radius 2 is 1.80 bits per heavy atom. The maximum Gasteiger partial charge on any atom is 0.343 e. The van der Waals surface area contributed by atoms with Crippen LogP contribution in [0.5, 0.6) is 0 Å². The van der Waals surface area contributed by atoms with Gasteiger partial charge < -0.3 is 10.1 Å². The number of nitrogens with one attached hydrogen (secondary N) is 1. The highest BCUT2D eigenvalue weighted by molar-refractivity contribution is 7.96. The molecular weight excluding hydrogens is 406 g/mol. The second-order valence-corrected chi connectivity index (χ2v) is 10.3. The number of allylic oxidation sites excluding steroid dienone is 5. The van der Waals surface area contributed by atoms with Crippen molar-refractivity contribution in [2.75, 3.05) is 12.3 Å². The second kappa shape index (κ2) is 6.01. The van der Waals surface area contributed by atoms with Crippen LogP contribution in [0.4, 0.5) is 0 Å². The third-order valence-electron chi connectivity index (χ3n) is 6.50. The van der Waals surface area contributed by atoms with Gasteiger partial charge in [0.15, 0.2) is 9.84 Å². The number of benzene rings is 1. The van der Waals surface area contributed by atoms with E-state index in [4.69, 9.17) is 4.74 Å². The van der Waals surface area contributed by atoms with Crippen molar-refractivity contribution in [1.82, 2.24) is 5.32 Å². The third kappa shape index (κ3) is 2.37. The van der Waals surface area contributed by atoms with Gasteiger partial charge in [0.05, 0.1) is 17.6 Å². The average molecular weight is 425 g/mol. The molecule has 2 heterocycles. The summed E-state index contributed by atoms with van der Waals surface area (Å²) in [6, 6.07) is 2.91. The van der Waals surface area contributed by atoms with Gasteiger partial charge in [-0.05, 0) is 43.0 Å². The molecule has 2 aliphatic carbocycles. The van der Waals surface area contributed by atoms with Crippen LogP contribution in [0.1, 0.15) is 63.3 Å². The number of hydrogen-bond donors (Lipinski definition) is 1. The molecule has 2 aliphatic heterocycles. The highest BCUT2D eigenvalue weighted by atomic mass is 32.2. The molecule has 1 N–H and O–H groups in total. The highest BCUT2D eigenvalue weighted by Gasteiger charge is 2.45. The summed E-state index contributed by atoms with van der Waals surface area (Å²) in [4.78, 5) is 38.6. The zero-order valence-corrected chi connectivity index (χ0v) is 17.3. The second-order valence-electron chi connectivity index (χ2n) is 8.25. The average Bonchev–Trinajstić information content (AvgIpc) is 2.80. The first-order chi connectivity index (χ1) is 14.1. The highest BCUT2D eigenvalue weighted by Crippen LogP contribution is 2.47. The molecule has 0 spiro atoms. The largest absolute Gasteiger partial charge is 0.431 e. The van der Waals surface area contributed by atoms with E-state index in [1.165, 1.54) is 18.4 Å². The van der Waals surface area contributed by atoms with Gasteiger partial charge >= 0.3 is 5.97 Å². The molecular formula is C22H19NO6S. The number of cyclic esters (lactones) is 1. The fourth-order valence-electron chi connectivity index (χ4n) is 4.88. The molecule has 0 amide bonds. The minimum atomic E-state index is -3.86. The molecule has 5 rings (SSSR count). The normalized spacial score (nSPS) is 26.8. The summed E-state index contributed by atoms with van der Waals surface area (Å²) in [5.41, 5.74) is 1.85. The van der Waals surface area contributed by atoms with Gasteiger partial charge in [-0.2, -0.15) is 0 Å². The van der Waals surface area contributed by atoms with E-state index in [-0.39, 0.29) is 34.7 Å². The van der Waals surface area contributed by atoms with Gasteiger partial charge in [0, 0.05) is 28.7 Å². The van der Waals surface area contributed by atoms with Crippen molar-refractivity contribution in [1.29, 1.82) is 0 Å². The van der Waals surface area contributed by atoms with Crippen molar-refractivity contribution in [2.24, 2.45) is 0 Å². The number of Topliss-reactive ketones (excluding diaryl/α,β-unsaturated/α-hetero) is 2. The van der Waals surface area contributed by atoms with Crippen molar-refractivity contribution in [3.63, 3.8) is 0 Å². The van der Waals surface area contributed by atoms with Crippen molar-refractivity contribution >= 4 is 27.4 Å². The van der Waals surface area contributed by atoms with Crippen molar-refractivity contribution in [3.05, 3.63) is 68.5 Å². The topological polar surface area (TPSA) is 107 Å². The molecule has 1 unspecified atom stereocenters. The fourth-order valence-corrected chi connectivity index (χ4v) is 6.32. The number of esters is 1. The lowest BCUT2D eigenvalue weighted by Gasteiger charge is -2.36. The van der Waals surface area contributed by atoms with Gasteiger partial charge in [-0.25, -0.2) is 13.2 Å². The lowest BCUT2D eigenvalue weighted by atomic mass is 9.66. The van der Waals surface area contributed by atoms with E-state index in [9.17, 15) is 22.8 Å². The number of rotatable bonds is 0. The third-order valence-corrected chi connectivity index (χ3v) is 8.26. The monoisotopic (exact) mass is 425 g/mol. The van der Waals surface area contributed by atoms with Crippen LogP contribution in [-0.2, 0) is 20.0 Å². The van der Waals surface area contributed by atoms with Gasteiger partial charge in [-0.3, -0.25) is 9.59 Å². The Balaban J connectivity index is 1.79. The van der Waals surface area contributed by atoms with E-state index in [1.807, 2.05) is 13.8 Å². The number of sulfone groups is 1. The number of fused-ring (bicyclic) bond motifs is 4. The molecule has 1 aromatic rings. The molecule has 1 atom stereocenters. The molecule has 0 saturated carbocycles. The Morgan fingerprint density at radius 1 is 1.07 bits per heavy atom. The molecule has 4 aliphatic rings. The molecule has 0 saturated heterocycles. The lowest BCUT2D eigenvalue weighted by molar-refractivity contribution is 0.0663. The maximum atomic E-state index is 13.2. The molecule has 7 nitrogen and oxygen atoms in total. The molecule has 0 radical (unpaired) electrons. The predicted molar refractivity (Wildman–Crippen MR) is 108 cm³/mol. The van der Waals surface area contributed by atoms with E-state index in [1.54, 1.807) is 0 Å². The van der Waals surface area contributed by atoms with Gasteiger partial charge in [-0.15, -0.1) is 0 Å². The number of hydrogen-bond acceptors (Lipinski definition) is 7. The summed E-state index contributed by atoms with van der Waals surface area (Å²) in [5, 5.41) is 2.76.